The molecular formula is C14H13F2NO3S2. The van der Waals surface area contributed by atoms with Crippen LogP contribution in [0.25, 0.3) is 0 Å². The zero-order chi connectivity index (χ0) is 16.5. The van der Waals surface area contributed by atoms with Gasteiger partial charge in [0.25, 0.3) is 10.0 Å². The smallest absolute Gasteiger partial charge is 0.262 e. The lowest BCUT2D eigenvalue weighted by Crippen LogP contribution is -2.15. The minimum Gasteiger partial charge on any atom is -0.280 e. The lowest BCUT2D eigenvalue weighted by molar-refractivity contribution is 0.593. The van der Waals surface area contributed by atoms with Gasteiger partial charge < -0.3 is 0 Å². The minimum atomic E-state index is -4.05. The van der Waals surface area contributed by atoms with Gasteiger partial charge in [0, 0.05) is 6.26 Å². The summed E-state index contributed by atoms with van der Waals surface area (Å²) < 4.78 is 64.9. The Balaban J connectivity index is 2.39. The largest absolute Gasteiger partial charge is 0.280 e. The van der Waals surface area contributed by atoms with Gasteiger partial charge in [0.05, 0.1) is 26.3 Å². The third kappa shape index (κ3) is 3.50. The highest BCUT2D eigenvalue weighted by Crippen LogP contribution is 2.22. The highest BCUT2D eigenvalue weighted by molar-refractivity contribution is 7.92. The molecule has 2 aromatic rings. The number of aryl methyl sites for hydroxylation is 1. The summed E-state index contributed by atoms with van der Waals surface area (Å²) in [4.78, 5) is -0.249. The lowest BCUT2D eigenvalue weighted by atomic mass is 10.2. The first kappa shape index (κ1) is 16.6. The van der Waals surface area contributed by atoms with E-state index in [1.165, 1.54) is 31.4 Å². The van der Waals surface area contributed by atoms with Gasteiger partial charge in [-0.3, -0.25) is 8.93 Å². The van der Waals surface area contributed by atoms with E-state index in [4.69, 9.17) is 0 Å². The molecule has 2 rings (SSSR count). The van der Waals surface area contributed by atoms with Crippen LogP contribution >= 0.6 is 0 Å². The highest BCUT2D eigenvalue weighted by Gasteiger charge is 2.18. The van der Waals surface area contributed by atoms with E-state index in [0.717, 1.165) is 18.2 Å². The first-order chi connectivity index (χ1) is 10.2. The summed E-state index contributed by atoms with van der Waals surface area (Å²) in [5.74, 6) is -1.47. The molecular weight excluding hydrogens is 332 g/mol. The SMILES string of the molecule is Cc1ccc(F)cc1S(=O)(=O)Nc1ccc([S@@](C)=O)c(F)c1. The fraction of sp³-hybridized carbons (Fsp3) is 0.143. The van der Waals surface area contributed by atoms with E-state index in [2.05, 4.69) is 4.72 Å². The average molecular weight is 345 g/mol. The van der Waals surface area contributed by atoms with Gasteiger partial charge in [-0.25, -0.2) is 17.2 Å². The average Bonchev–Trinajstić information content (AvgIpc) is 2.40. The molecule has 0 aliphatic rings. The molecule has 0 heterocycles. The number of nitrogens with one attached hydrogen (secondary N) is 1. The summed E-state index contributed by atoms with van der Waals surface area (Å²) in [6, 6.07) is 6.85. The molecule has 1 atom stereocenters. The third-order valence-electron chi connectivity index (χ3n) is 2.93. The minimum absolute atomic E-state index is 0.0233. The van der Waals surface area contributed by atoms with Crippen molar-refractivity contribution in [1.82, 2.24) is 0 Å². The Morgan fingerprint density at radius 1 is 1.09 bits per heavy atom. The first-order valence-corrected chi connectivity index (χ1v) is 9.17. The van der Waals surface area contributed by atoms with Crippen LogP contribution in [0, 0.1) is 18.6 Å². The quantitative estimate of drug-likeness (QED) is 0.927. The lowest BCUT2D eigenvalue weighted by Gasteiger charge is -2.11. The van der Waals surface area contributed by atoms with E-state index in [0.29, 0.717) is 5.56 Å². The van der Waals surface area contributed by atoms with E-state index < -0.39 is 32.5 Å². The van der Waals surface area contributed by atoms with E-state index in [-0.39, 0.29) is 15.5 Å². The second-order valence-electron chi connectivity index (χ2n) is 4.61. The van der Waals surface area contributed by atoms with Gasteiger partial charge in [-0.1, -0.05) is 6.07 Å². The Morgan fingerprint density at radius 3 is 2.36 bits per heavy atom. The molecule has 0 aromatic heterocycles. The Kier molecular flexibility index (Phi) is 4.62. The van der Waals surface area contributed by atoms with Crippen molar-refractivity contribution in [2.24, 2.45) is 0 Å². The maximum Gasteiger partial charge on any atom is 0.262 e. The fourth-order valence-corrected chi connectivity index (χ4v) is 3.77. The number of rotatable bonds is 4. The number of halogens is 2. The maximum atomic E-state index is 13.7. The standard InChI is InChI=1S/C14H13F2NO3S2/c1-9-3-4-10(15)7-14(9)22(19,20)17-11-5-6-13(21(2)18)12(16)8-11/h3-8,17H,1-2H3/t21-/m1/s1. The van der Waals surface area contributed by atoms with Gasteiger partial charge in [-0.2, -0.15) is 0 Å². The molecule has 8 heteroatoms. The van der Waals surface area contributed by atoms with Crippen molar-refractivity contribution in [3.8, 4) is 0 Å². The molecule has 0 saturated carbocycles. The van der Waals surface area contributed by atoms with E-state index in [1.807, 2.05) is 0 Å². The molecule has 2 aromatic carbocycles. The molecule has 22 heavy (non-hydrogen) atoms. The van der Waals surface area contributed by atoms with Crippen molar-refractivity contribution in [2.75, 3.05) is 11.0 Å². The van der Waals surface area contributed by atoms with Gasteiger partial charge >= 0.3 is 0 Å². The topological polar surface area (TPSA) is 63.2 Å². The van der Waals surface area contributed by atoms with E-state index in [9.17, 15) is 21.4 Å². The summed E-state index contributed by atoms with van der Waals surface area (Å²) in [6.45, 7) is 1.53. The molecule has 0 unspecified atom stereocenters. The Morgan fingerprint density at radius 2 is 1.77 bits per heavy atom. The van der Waals surface area contributed by atoms with Crippen LogP contribution in [0.5, 0.6) is 0 Å². The molecule has 0 aliphatic carbocycles. The van der Waals surface area contributed by atoms with E-state index >= 15 is 0 Å². The second-order valence-corrected chi connectivity index (χ2v) is 7.61. The third-order valence-corrected chi connectivity index (χ3v) is 5.41. The highest BCUT2D eigenvalue weighted by atomic mass is 32.2. The molecule has 1 N–H and O–H groups in total. The molecule has 0 fully saturated rings. The van der Waals surface area contributed by atoms with Crippen LogP contribution in [0.2, 0.25) is 0 Å². The molecule has 4 nitrogen and oxygen atoms in total. The molecule has 0 bridgehead atoms. The predicted molar refractivity (Wildman–Crippen MR) is 80.7 cm³/mol. The second kappa shape index (κ2) is 6.13. The fourth-order valence-electron chi connectivity index (χ4n) is 1.87. The number of benzene rings is 2. The Bertz CT molecular complexity index is 851. The van der Waals surface area contributed by atoms with Gasteiger partial charge in [-0.05, 0) is 42.8 Å². The van der Waals surface area contributed by atoms with Gasteiger partial charge in [0.2, 0.25) is 0 Å². The van der Waals surface area contributed by atoms with Crippen LogP contribution in [-0.4, -0.2) is 18.9 Å². The molecule has 0 saturated heterocycles. The van der Waals surface area contributed by atoms with Crippen molar-refractivity contribution >= 4 is 26.5 Å². The molecule has 0 amide bonds. The number of hydrogen-bond acceptors (Lipinski definition) is 3. The zero-order valence-corrected chi connectivity index (χ0v) is 13.4. The molecule has 0 radical (unpaired) electrons. The Labute approximate surface area is 129 Å². The Hall–Kier alpha value is -1.80. The molecule has 118 valence electrons. The summed E-state index contributed by atoms with van der Waals surface area (Å²) in [5, 5.41) is 0. The van der Waals surface area contributed by atoms with Gasteiger partial charge in [0.1, 0.15) is 11.6 Å². The summed E-state index contributed by atoms with van der Waals surface area (Å²) in [6.07, 6.45) is 1.32. The van der Waals surface area contributed by atoms with Crippen molar-refractivity contribution < 1.29 is 21.4 Å². The predicted octanol–water partition coefficient (Wildman–Crippen LogP) is 2.81. The zero-order valence-electron chi connectivity index (χ0n) is 11.8. The number of anilines is 1. The van der Waals surface area contributed by atoms with Crippen molar-refractivity contribution in [3.63, 3.8) is 0 Å². The first-order valence-electron chi connectivity index (χ1n) is 6.12. The maximum absolute atomic E-state index is 13.7. The number of sulfonamides is 1. The van der Waals surface area contributed by atoms with Crippen LogP contribution in [0.15, 0.2) is 46.2 Å². The van der Waals surface area contributed by atoms with Gasteiger partial charge in [0.15, 0.2) is 0 Å². The molecule has 0 spiro atoms. The van der Waals surface area contributed by atoms with E-state index in [1.54, 1.807) is 0 Å². The summed E-state index contributed by atoms with van der Waals surface area (Å²) >= 11 is 0. The number of hydrogen-bond donors (Lipinski definition) is 1. The van der Waals surface area contributed by atoms with Gasteiger partial charge in [-0.15, -0.1) is 0 Å². The van der Waals surface area contributed by atoms with Crippen LogP contribution in [0.4, 0.5) is 14.5 Å². The van der Waals surface area contributed by atoms with Crippen LogP contribution in [0.3, 0.4) is 0 Å². The van der Waals surface area contributed by atoms with Crippen LogP contribution in [0.1, 0.15) is 5.56 Å². The summed E-state index contributed by atoms with van der Waals surface area (Å²) in [5.41, 5.74) is 0.330. The molecule has 0 aliphatic heterocycles. The summed E-state index contributed by atoms with van der Waals surface area (Å²) in [7, 11) is -5.57. The van der Waals surface area contributed by atoms with Crippen LogP contribution < -0.4 is 4.72 Å². The van der Waals surface area contributed by atoms with Crippen LogP contribution in [-0.2, 0) is 20.8 Å². The normalized spacial score (nSPS) is 12.9. The van der Waals surface area contributed by atoms with Crippen molar-refractivity contribution in [3.05, 3.63) is 53.6 Å². The van der Waals surface area contributed by atoms with Crippen molar-refractivity contribution in [1.29, 1.82) is 0 Å². The van der Waals surface area contributed by atoms with Crippen molar-refractivity contribution in [2.45, 2.75) is 16.7 Å². The monoisotopic (exact) mass is 345 g/mol.